The molecule has 0 atom stereocenters. The molecule has 0 N–H and O–H groups in total. The van der Waals surface area contributed by atoms with Gasteiger partial charge in [0.1, 0.15) is 0 Å². The summed E-state index contributed by atoms with van der Waals surface area (Å²) in [5, 5.41) is 3.91. The van der Waals surface area contributed by atoms with Crippen molar-refractivity contribution in [2.75, 3.05) is 13.1 Å². The average Bonchev–Trinajstić information content (AvgIpc) is 3.04. The molecule has 3 heterocycles. The second kappa shape index (κ2) is 6.12. The van der Waals surface area contributed by atoms with E-state index in [4.69, 9.17) is 4.52 Å². The Morgan fingerprint density at radius 3 is 2.54 bits per heavy atom. The first-order valence-corrected chi connectivity index (χ1v) is 8.16. The molecule has 3 aromatic rings. The van der Waals surface area contributed by atoms with Crippen molar-refractivity contribution in [2.45, 2.75) is 5.92 Å². The number of nitrogens with zero attached hydrogens (tertiary/aromatic N) is 5. The van der Waals surface area contributed by atoms with Crippen LogP contribution in [0, 0.1) is 0 Å². The van der Waals surface area contributed by atoms with E-state index in [0.29, 0.717) is 36.2 Å². The lowest BCUT2D eigenvalue weighted by atomic mass is 9.99. The maximum atomic E-state index is 12.4. The van der Waals surface area contributed by atoms with Crippen molar-refractivity contribution in [1.82, 2.24) is 25.0 Å². The quantitative estimate of drug-likeness (QED) is 0.688. The molecule has 0 radical (unpaired) electrons. The number of benzene rings is 1. The highest BCUT2D eigenvalue weighted by Crippen LogP contribution is 2.28. The first kappa shape index (κ1) is 14.9. The van der Waals surface area contributed by atoms with Crippen LogP contribution in [0.25, 0.3) is 11.6 Å². The van der Waals surface area contributed by atoms with Gasteiger partial charge in [-0.25, -0.2) is 9.97 Å². The number of aromatic nitrogens is 4. The Labute approximate surface area is 145 Å². The molecule has 0 aliphatic carbocycles. The number of hydrogen-bond donors (Lipinski definition) is 0. The Bertz CT molecular complexity index is 860. The topological polar surface area (TPSA) is 85.0 Å². The van der Waals surface area contributed by atoms with Crippen LogP contribution in [0.15, 0.2) is 51.7 Å². The van der Waals surface area contributed by atoms with Gasteiger partial charge in [-0.1, -0.05) is 21.1 Å². The molecule has 1 aliphatic heterocycles. The molecule has 0 saturated carbocycles. The van der Waals surface area contributed by atoms with Crippen molar-refractivity contribution in [2.24, 2.45) is 0 Å². The van der Waals surface area contributed by atoms with Crippen LogP contribution in [0.4, 0.5) is 0 Å². The van der Waals surface area contributed by atoms with Gasteiger partial charge >= 0.3 is 0 Å². The van der Waals surface area contributed by atoms with Gasteiger partial charge in [0.2, 0.25) is 17.5 Å². The fraction of sp³-hybridized carbons (Fsp3) is 0.188. The minimum absolute atomic E-state index is 0.00452. The third kappa shape index (κ3) is 2.80. The summed E-state index contributed by atoms with van der Waals surface area (Å²) in [5.41, 5.74) is 0.667. The largest absolute Gasteiger partial charge is 0.338 e. The monoisotopic (exact) mass is 385 g/mol. The van der Waals surface area contributed by atoms with E-state index < -0.39 is 0 Å². The summed E-state index contributed by atoms with van der Waals surface area (Å²) in [7, 11) is 0. The van der Waals surface area contributed by atoms with E-state index in [2.05, 4.69) is 36.0 Å². The van der Waals surface area contributed by atoms with Gasteiger partial charge in [-0.2, -0.15) is 4.98 Å². The molecule has 1 fully saturated rings. The predicted molar refractivity (Wildman–Crippen MR) is 88.1 cm³/mol. The summed E-state index contributed by atoms with van der Waals surface area (Å²) in [6.07, 6.45) is 3.25. The first-order valence-electron chi connectivity index (χ1n) is 7.36. The molecule has 7 nitrogen and oxygen atoms in total. The Hall–Kier alpha value is -2.61. The summed E-state index contributed by atoms with van der Waals surface area (Å²) in [6, 6.07) is 9.04. The van der Waals surface area contributed by atoms with Crippen molar-refractivity contribution in [3.63, 3.8) is 0 Å². The maximum absolute atomic E-state index is 12.4. The van der Waals surface area contributed by atoms with E-state index in [1.165, 1.54) is 0 Å². The van der Waals surface area contributed by atoms with Crippen LogP contribution in [-0.4, -0.2) is 44.0 Å². The number of likely N-dealkylation sites (tertiary alicyclic amines) is 1. The lowest BCUT2D eigenvalue weighted by Gasteiger charge is -2.37. The number of carbonyl (C=O) groups excluding carboxylic acids is 1. The van der Waals surface area contributed by atoms with Gasteiger partial charge in [0, 0.05) is 35.5 Å². The number of amides is 1. The second-order valence-electron chi connectivity index (χ2n) is 5.44. The van der Waals surface area contributed by atoms with Crippen molar-refractivity contribution in [3.8, 4) is 11.6 Å². The molecule has 1 saturated heterocycles. The van der Waals surface area contributed by atoms with Crippen LogP contribution < -0.4 is 0 Å². The summed E-state index contributed by atoms with van der Waals surface area (Å²) >= 11 is 3.36. The minimum atomic E-state index is 0.00452. The van der Waals surface area contributed by atoms with Crippen LogP contribution in [0.1, 0.15) is 22.2 Å². The highest BCUT2D eigenvalue weighted by atomic mass is 79.9. The SMILES string of the molecule is O=C(c1ccc(Br)cc1)N1CC(c2nc(-c3ncccn3)no2)C1. The van der Waals surface area contributed by atoms with Crippen molar-refractivity contribution < 1.29 is 9.32 Å². The second-order valence-corrected chi connectivity index (χ2v) is 6.36. The van der Waals surface area contributed by atoms with Gasteiger partial charge in [-0.3, -0.25) is 4.79 Å². The first-order chi connectivity index (χ1) is 11.7. The van der Waals surface area contributed by atoms with E-state index in [1.54, 1.807) is 35.5 Å². The summed E-state index contributed by atoms with van der Waals surface area (Å²) in [5.74, 6) is 1.36. The molecule has 8 heteroatoms. The number of rotatable bonds is 3. The third-order valence-corrected chi connectivity index (χ3v) is 4.35. The predicted octanol–water partition coefficient (Wildman–Crippen LogP) is 2.53. The molecule has 4 rings (SSSR count). The molecule has 0 spiro atoms. The van der Waals surface area contributed by atoms with Crippen LogP contribution >= 0.6 is 15.9 Å². The van der Waals surface area contributed by atoms with E-state index in [9.17, 15) is 4.79 Å². The van der Waals surface area contributed by atoms with E-state index >= 15 is 0 Å². The summed E-state index contributed by atoms with van der Waals surface area (Å²) < 4.78 is 6.23. The molecule has 0 bridgehead atoms. The normalized spacial score (nSPS) is 14.5. The van der Waals surface area contributed by atoms with Gasteiger partial charge in [0.25, 0.3) is 5.91 Å². The lowest BCUT2D eigenvalue weighted by molar-refractivity contribution is 0.0569. The Morgan fingerprint density at radius 1 is 1.12 bits per heavy atom. The summed E-state index contributed by atoms with van der Waals surface area (Å²) in [4.78, 5) is 26.6. The summed E-state index contributed by atoms with van der Waals surface area (Å²) in [6.45, 7) is 1.12. The van der Waals surface area contributed by atoms with Crippen LogP contribution in [0.3, 0.4) is 0 Å². The molecule has 2 aromatic heterocycles. The standard InChI is InChI=1S/C16H12BrN5O2/c17-12-4-2-10(3-5-12)16(23)22-8-11(9-22)15-20-14(21-24-15)13-18-6-1-7-19-13/h1-7,11H,8-9H2. The minimum Gasteiger partial charge on any atom is -0.338 e. The number of halogens is 1. The van der Waals surface area contributed by atoms with Crippen LogP contribution in [0.5, 0.6) is 0 Å². The van der Waals surface area contributed by atoms with E-state index in [1.807, 2.05) is 12.1 Å². The fourth-order valence-electron chi connectivity index (χ4n) is 2.48. The zero-order valence-corrected chi connectivity index (χ0v) is 14.0. The van der Waals surface area contributed by atoms with Crippen molar-refractivity contribution in [1.29, 1.82) is 0 Å². The highest BCUT2D eigenvalue weighted by molar-refractivity contribution is 9.10. The van der Waals surface area contributed by atoms with Gasteiger partial charge < -0.3 is 9.42 Å². The Morgan fingerprint density at radius 2 is 1.83 bits per heavy atom. The van der Waals surface area contributed by atoms with Gasteiger partial charge in [0.05, 0.1) is 5.92 Å². The zero-order chi connectivity index (χ0) is 16.5. The van der Waals surface area contributed by atoms with Gasteiger partial charge in [0.15, 0.2) is 0 Å². The van der Waals surface area contributed by atoms with E-state index in [0.717, 1.165) is 4.47 Å². The Balaban J connectivity index is 1.42. The maximum Gasteiger partial charge on any atom is 0.253 e. The Kier molecular flexibility index (Phi) is 3.81. The highest BCUT2D eigenvalue weighted by Gasteiger charge is 2.36. The van der Waals surface area contributed by atoms with Crippen LogP contribution in [-0.2, 0) is 0 Å². The molecule has 120 valence electrons. The molecular formula is C16H12BrN5O2. The fourth-order valence-corrected chi connectivity index (χ4v) is 2.75. The van der Waals surface area contributed by atoms with Crippen LogP contribution in [0.2, 0.25) is 0 Å². The zero-order valence-electron chi connectivity index (χ0n) is 12.5. The third-order valence-electron chi connectivity index (χ3n) is 3.82. The molecule has 24 heavy (non-hydrogen) atoms. The number of hydrogen-bond acceptors (Lipinski definition) is 6. The van der Waals surface area contributed by atoms with Crippen molar-refractivity contribution >= 4 is 21.8 Å². The van der Waals surface area contributed by atoms with E-state index in [-0.39, 0.29) is 11.8 Å². The van der Waals surface area contributed by atoms with Crippen molar-refractivity contribution in [3.05, 3.63) is 58.7 Å². The smallest absolute Gasteiger partial charge is 0.253 e. The van der Waals surface area contributed by atoms with Gasteiger partial charge in [-0.15, -0.1) is 0 Å². The molecule has 1 amide bonds. The molecule has 1 aromatic carbocycles. The molecular weight excluding hydrogens is 374 g/mol. The molecule has 0 unspecified atom stereocenters. The van der Waals surface area contributed by atoms with Gasteiger partial charge in [-0.05, 0) is 30.3 Å². The average molecular weight is 386 g/mol. The molecule has 1 aliphatic rings. The number of carbonyl (C=O) groups is 1. The lowest BCUT2D eigenvalue weighted by Crippen LogP contribution is -2.48.